The van der Waals surface area contributed by atoms with Crippen LogP contribution in [0.5, 0.6) is 0 Å². The van der Waals surface area contributed by atoms with Crippen LogP contribution in [0.4, 0.5) is 0 Å². The third-order valence-corrected chi connectivity index (χ3v) is 5.86. The van der Waals surface area contributed by atoms with Gasteiger partial charge in [-0.05, 0) is 24.6 Å². The monoisotopic (exact) mass is 380 g/mol. The van der Waals surface area contributed by atoms with Gasteiger partial charge in [-0.15, -0.1) is 11.8 Å². The molecule has 138 valence electrons. The number of carbonyl (C=O) groups excluding carboxylic acids is 2. The Hall–Kier alpha value is -2.44. The molecule has 0 aromatic heterocycles. The Morgan fingerprint density at radius 2 is 2.00 bits per heavy atom. The van der Waals surface area contributed by atoms with Gasteiger partial charge in [-0.3, -0.25) is 9.59 Å². The maximum Gasteiger partial charge on any atom is 0.283 e. The number of fused-ring (bicyclic) bond motifs is 1. The topological polar surface area (TPSA) is 59.0 Å². The standard InChI is InChI=1S/C21H20N2O3S/c1-14-2-4-15(5-3-14)12-19-20(24)22-17-13-16(6-7-18(17)27-19)21(25)23-8-10-26-11-9-23/h2-7,12-13,18H,8-11H2,1H3/b19-12+. The number of ether oxygens (including phenoxy) is 1. The first-order valence-corrected chi connectivity index (χ1v) is 9.83. The second kappa shape index (κ2) is 7.66. The molecule has 4 rings (SSSR count). The van der Waals surface area contributed by atoms with E-state index in [0.29, 0.717) is 42.5 Å². The second-order valence-electron chi connectivity index (χ2n) is 6.66. The van der Waals surface area contributed by atoms with Gasteiger partial charge in [0.1, 0.15) is 0 Å². The predicted octanol–water partition coefficient (Wildman–Crippen LogP) is 2.77. The number of amides is 2. The van der Waals surface area contributed by atoms with Crippen LogP contribution in [0, 0.1) is 6.92 Å². The molecule has 1 unspecified atom stereocenters. The molecule has 1 atom stereocenters. The molecule has 1 saturated heterocycles. The number of allylic oxidation sites excluding steroid dienone is 1. The van der Waals surface area contributed by atoms with Gasteiger partial charge in [-0.1, -0.05) is 42.0 Å². The molecule has 27 heavy (non-hydrogen) atoms. The second-order valence-corrected chi connectivity index (χ2v) is 7.85. The molecule has 0 bridgehead atoms. The predicted molar refractivity (Wildman–Crippen MR) is 108 cm³/mol. The van der Waals surface area contributed by atoms with Gasteiger partial charge in [0.05, 0.1) is 29.1 Å². The van der Waals surface area contributed by atoms with Gasteiger partial charge in [-0.2, -0.15) is 0 Å². The Balaban J connectivity index is 1.54. The Bertz CT molecular complexity index is 891. The molecular weight excluding hydrogens is 360 g/mol. The maximum absolute atomic E-state index is 12.6. The fourth-order valence-corrected chi connectivity index (χ4v) is 4.15. The Morgan fingerprint density at radius 1 is 1.26 bits per heavy atom. The number of nitrogens with zero attached hydrogens (tertiary/aromatic N) is 2. The van der Waals surface area contributed by atoms with Gasteiger partial charge >= 0.3 is 0 Å². The van der Waals surface area contributed by atoms with Crippen LogP contribution in [0.1, 0.15) is 11.1 Å². The lowest BCUT2D eigenvalue weighted by Crippen LogP contribution is -2.41. The van der Waals surface area contributed by atoms with Crippen molar-refractivity contribution < 1.29 is 14.3 Å². The quantitative estimate of drug-likeness (QED) is 0.741. The molecule has 1 aliphatic carbocycles. The summed E-state index contributed by atoms with van der Waals surface area (Å²) in [6.07, 6.45) is 7.41. The molecule has 1 aromatic rings. The summed E-state index contributed by atoms with van der Waals surface area (Å²) in [5.41, 5.74) is 3.38. The smallest absolute Gasteiger partial charge is 0.283 e. The van der Waals surface area contributed by atoms with Crippen molar-refractivity contribution in [2.45, 2.75) is 12.2 Å². The summed E-state index contributed by atoms with van der Waals surface area (Å²) < 4.78 is 5.29. The van der Waals surface area contributed by atoms with Crippen LogP contribution in [0.3, 0.4) is 0 Å². The van der Waals surface area contributed by atoms with Gasteiger partial charge in [0.25, 0.3) is 11.8 Å². The van der Waals surface area contributed by atoms with E-state index in [4.69, 9.17) is 4.74 Å². The number of carbonyl (C=O) groups is 2. The largest absolute Gasteiger partial charge is 0.378 e. The summed E-state index contributed by atoms with van der Waals surface area (Å²) in [5.74, 6) is -0.286. The highest BCUT2D eigenvalue weighted by Crippen LogP contribution is 2.34. The van der Waals surface area contributed by atoms with Crippen LogP contribution < -0.4 is 0 Å². The summed E-state index contributed by atoms with van der Waals surface area (Å²) >= 11 is 1.48. The zero-order chi connectivity index (χ0) is 18.8. The van der Waals surface area contributed by atoms with Crippen molar-refractivity contribution in [3.05, 3.63) is 64.1 Å². The van der Waals surface area contributed by atoms with Crippen molar-refractivity contribution in [3.63, 3.8) is 0 Å². The van der Waals surface area contributed by atoms with Crippen molar-refractivity contribution in [2.24, 2.45) is 4.99 Å². The average Bonchev–Trinajstić information content (AvgIpc) is 2.70. The number of aryl methyl sites for hydroxylation is 1. The highest BCUT2D eigenvalue weighted by Gasteiger charge is 2.29. The van der Waals surface area contributed by atoms with Crippen LogP contribution in [0.15, 0.2) is 58.0 Å². The first kappa shape index (κ1) is 17.9. The molecular formula is C21H20N2O3S. The number of hydrogen-bond donors (Lipinski definition) is 0. The van der Waals surface area contributed by atoms with E-state index < -0.39 is 0 Å². The summed E-state index contributed by atoms with van der Waals surface area (Å²) in [7, 11) is 0. The molecule has 2 aliphatic heterocycles. The van der Waals surface area contributed by atoms with E-state index >= 15 is 0 Å². The molecule has 5 nitrogen and oxygen atoms in total. The molecule has 0 radical (unpaired) electrons. The van der Waals surface area contributed by atoms with Crippen molar-refractivity contribution in [1.82, 2.24) is 4.90 Å². The van der Waals surface area contributed by atoms with E-state index in [0.717, 1.165) is 5.56 Å². The third kappa shape index (κ3) is 3.96. The highest BCUT2D eigenvalue weighted by molar-refractivity contribution is 8.05. The lowest BCUT2D eigenvalue weighted by atomic mass is 10.0. The molecule has 2 heterocycles. The molecule has 0 N–H and O–H groups in total. The van der Waals surface area contributed by atoms with E-state index in [-0.39, 0.29) is 17.1 Å². The molecule has 3 aliphatic rings. The van der Waals surface area contributed by atoms with Crippen LogP contribution >= 0.6 is 11.8 Å². The molecule has 0 saturated carbocycles. The van der Waals surface area contributed by atoms with Gasteiger partial charge in [0, 0.05) is 18.7 Å². The summed E-state index contributed by atoms with van der Waals surface area (Å²) in [6.45, 7) is 4.35. The molecule has 1 aromatic carbocycles. The third-order valence-electron chi connectivity index (χ3n) is 4.66. The van der Waals surface area contributed by atoms with Crippen molar-refractivity contribution in [3.8, 4) is 0 Å². The van der Waals surface area contributed by atoms with Crippen LogP contribution in [-0.2, 0) is 14.3 Å². The molecule has 2 amide bonds. The minimum Gasteiger partial charge on any atom is -0.378 e. The number of thioether (sulfide) groups is 1. The minimum atomic E-state index is -0.253. The van der Waals surface area contributed by atoms with Crippen LogP contribution in [-0.4, -0.2) is 54.0 Å². The summed E-state index contributed by atoms with van der Waals surface area (Å²) in [4.78, 5) is 31.7. The number of rotatable bonds is 2. The van der Waals surface area contributed by atoms with E-state index in [2.05, 4.69) is 4.99 Å². The number of aliphatic imine (C=N–C) groups is 1. The average molecular weight is 380 g/mol. The lowest BCUT2D eigenvalue weighted by Gasteiger charge is -2.29. The summed E-state index contributed by atoms with van der Waals surface area (Å²) in [6, 6.07) is 8.02. The fourth-order valence-electron chi connectivity index (χ4n) is 3.13. The van der Waals surface area contributed by atoms with Gasteiger partial charge in [0.15, 0.2) is 0 Å². The zero-order valence-electron chi connectivity index (χ0n) is 15.1. The Labute approximate surface area is 162 Å². The normalized spacial score (nSPS) is 23.7. The Kier molecular flexibility index (Phi) is 5.09. The van der Waals surface area contributed by atoms with Crippen molar-refractivity contribution in [2.75, 3.05) is 26.3 Å². The maximum atomic E-state index is 12.6. The SMILES string of the molecule is Cc1ccc(/C=C2/SC3C=CC(C(=O)N4CCOCC4)=CC3=NC2=O)cc1. The number of benzene rings is 1. The van der Waals surface area contributed by atoms with Crippen LogP contribution in [0.25, 0.3) is 6.08 Å². The van der Waals surface area contributed by atoms with E-state index in [9.17, 15) is 9.59 Å². The van der Waals surface area contributed by atoms with Gasteiger partial charge < -0.3 is 9.64 Å². The molecule has 0 spiro atoms. The fraction of sp³-hybridized carbons (Fsp3) is 0.286. The van der Waals surface area contributed by atoms with Crippen LogP contribution in [0.2, 0.25) is 0 Å². The van der Waals surface area contributed by atoms with Gasteiger partial charge in [0.2, 0.25) is 0 Å². The number of morpholine rings is 1. The summed E-state index contributed by atoms with van der Waals surface area (Å²) in [5, 5.41) is -0.0411. The van der Waals surface area contributed by atoms with Crippen molar-refractivity contribution in [1.29, 1.82) is 0 Å². The first-order valence-electron chi connectivity index (χ1n) is 8.95. The van der Waals surface area contributed by atoms with E-state index in [1.165, 1.54) is 17.3 Å². The van der Waals surface area contributed by atoms with E-state index in [1.807, 2.05) is 49.4 Å². The lowest BCUT2D eigenvalue weighted by molar-refractivity contribution is -0.130. The van der Waals surface area contributed by atoms with Gasteiger partial charge in [-0.25, -0.2) is 4.99 Å². The molecule has 1 fully saturated rings. The highest BCUT2D eigenvalue weighted by atomic mass is 32.2. The van der Waals surface area contributed by atoms with Crippen molar-refractivity contribution >= 4 is 35.4 Å². The Morgan fingerprint density at radius 3 is 2.74 bits per heavy atom. The number of hydrogen-bond acceptors (Lipinski definition) is 4. The first-order chi connectivity index (χ1) is 13.1. The minimum absolute atomic E-state index is 0.0332. The van der Waals surface area contributed by atoms with E-state index in [1.54, 1.807) is 11.0 Å². The zero-order valence-corrected chi connectivity index (χ0v) is 15.9. The molecule has 6 heteroatoms.